The SMILES string of the molecule is C=C/C=C(/CCC(=O)Nc1nncc2ccccc12)C(=C)Cl. The van der Waals surface area contributed by atoms with Gasteiger partial charge in [-0.3, -0.25) is 4.79 Å². The molecule has 1 heterocycles. The zero-order valence-electron chi connectivity index (χ0n) is 12.1. The molecule has 0 aliphatic heterocycles. The van der Waals surface area contributed by atoms with Crippen LogP contribution in [-0.4, -0.2) is 16.1 Å². The van der Waals surface area contributed by atoms with Gasteiger partial charge in [0.25, 0.3) is 0 Å². The number of allylic oxidation sites excluding steroid dienone is 4. The number of carbonyl (C=O) groups excluding carboxylic acids is 1. The van der Waals surface area contributed by atoms with Gasteiger partial charge in [-0.05, 0) is 12.0 Å². The molecule has 5 heteroatoms. The minimum Gasteiger partial charge on any atom is -0.309 e. The Morgan fingerprint density at radius 2 is 2.09 bits per heavy atom. The molecule has 2 aromatic rings. The van der Waals surface area contributed by atoms with E-state index in [4.69, 9.17) is 11.6 Å². The molecule has 0 atom stereocenters. The molecular formula is C17H16ClN3O. The van der Waals surface area contributed by atoms with Gasteiger partial charge in [-0.15, -0.1) is 5.10 Å². The van der Waals surface area contributed by atoms with E-state index in [9.17, 15) is 4.79 Å². The Balaban J connectivity index is 2.07. The topological polar surface area (TPSA) is 54.9 Å². The number of halogens is 1. The first-order chi connectivity index (χ1) is 10.6. The highest BCUT2D eigenvalue weighted by atomic mass is 35.5. The number of nitrogens with one attached hydrogen (secondary N) is 1. The van der Waals surface area contributed by atoms with Gasteiger partial charge >= 0.3 is 0 Å². The summed E-state index contributed by atoms with van der Waals surface area (Å²) in [6, 6.07) is 7.61. The summed E-state index contributed by atoms with van der Waals surface area (Å²) in [5.41, 5.74) is 0.788. The summed E-state index contributed by atoms with van der Waals surface area (Å²) in [6.45, 7) is 7.29. The van der Waals surface area contributed by atoms with Gasteiger partial charge in [-0.2, -0.15) is 5.10 Å². The van der Waals surface area contributed by atoms with Crippen LogP contribution in [0, 0.1) is 0 Å². The van der Waals surface area contributed by atoms with E-state index in [0.29, 0.717) is 17.3 Å². The van der Waals surface area contributed by atoms with Crippen LogP contribution in [0.4, 0.5) is 5.82 Å². The average Bonchev–Trinajstić information content (AvgIpc) is 2.51. The maximum atomic E-state index is 12.1. The highest BCUT2D eigenvalue weighted by Crippen LogP contribution is 2.21. The molecule has 1 N–H and O–H groups in total. The summed E-state index contributed by atoms with van der Waals surface area (Å²) in [5.74, 6) is 0.306. The third kappa shape index (κ3) is 4.02. The van der Waals surface area contributed by atoms with E-state index in [1.807, 2.05) is 24.3 Å². The molecule has 0 saturated heterocycles. The Morgan fingerprint density at radius 1 is 1.32 bits per heavy atom. The summed E-state index contributed by atoms with van der Waals surface area (Å²) in [6.07, 6.45) is 5.79. The van der Waals surface area contributed by atoms with Crippen LogP contribution in [0.25, 0.3) is 10.8 Å². The van der Waals surface area contributed by atoms with Crippen LogP contribution in [0.2, 0.25) is 0 Å². The van der Waals surface area contributed by atoms with Crippen LogP contribution in [0.1, 0.15) is 12.8 Å². The first-order valence-electron chi connectivity index (χ1n) is 6.78. The second-order valence-corrected chi connectivity index (χ2v) is 5.12. The van der Waals surface area contributed by atoms with Gasteiger partial charge in [0.1, 0.15) is 0 Å². The Morgan fingerprint density at radius 3 is 2.82 bits per heavy atom. The number of benzene rings is 1. The van der Waals surface area contributed by atoms with Crippen LogP contribution in [0.3, 0.4) is 0 Å². The van der Waals surface area contributed by atoms with E-state index >= 15 is 0 Å². The van der Waals surface area contributed by atoms with Gasteiger partial charge in [0.2, 0.25) is 5.91 Å². The average molecular weight is 314 g/mol. The summed E-state index contributed by atoms with van der Waals surface area (Å²) in [5, 5.41) is 12.9. The van der Waals surface area contributed by atoms with E-state index in [0.717, 1.165) is 16.3 Å². The Bertz CT molecular complexity index is 747. The Labute approximate surface area is 134 Å². The van der Waals surface area contributed by atoms with Gasteiger partial charge in [0, 0.05) is 22.2 Å². The van der Waals surface area contributed by atoms with Gasteiger partial charge < -0.3 is 5.32 Å². The highest BCUT2D eigenvalue weighted by Gasteiger charge is 2.09. The normalized spacial score (nSPS) is 11.2. The summed E-state index contributed by atoms with van der Waals surface area (Å²) >= 11 is 5.88. The molecule has 1 aromatic heterocycles. The van der Waals surface area contributed by atoms with E-state index in [-0.39, 0.29) is 12.3 Å². The molecule has 0 unspecified atom stereocenters. The number of aromatic nitrogens is 2. The minimum absolute atomic E-state index is 0.154. The maximum Gasteiger partial charge on any atom is 0.225 e. The van der Waals surface area contributed by atoms with Crippen LogP contribution in [0.5, 0.6) is 0 Å². The number of hydrogen-bond donors (Lipinski definition) is 1. The lowest BCUT2D eigenvalue weighted by molar-refractivity contribution is -0.116. The predicted octanol–water partition coefficient (Wildman–Crippen LogP) is 4.21. The summed E-state index contributed by atoms with van der Waals surface area (Å²) in [4.78, 5) is 12.1. The fourth-order valence-corrected chi connectivity index (χ4v) is 2.17. The zero-order chi connectivity index (χ0) is 15.9. The Hall–Kier alpha value is -2.46. The first kappa shape index (κ1) is 15.9. The lowest BCUT2D eigenvalue weighted by Gasteiger charge is -2.08. The first-order valence-corrected chi connectivity index (χ1v) is 7.16. The number of hydrogen-bond acceptors (Lipinski definition) is 3. The smallest absolute Gasteiger partial charge is 0.225 e. The number of rotatable bonds is 6. The molecule has 4 nitrogen and oxygen atoms in total. The van der Waals surface area contributed by atoms with Crippen LogP contribution >= 0.6 is 11.6 Å². The molecule has 22 heavy (non-hydrogen) atoms. The van der Waals surface area contributed by atoms with Crippen molar-refractivity contribution >= 4 is 34.1 Å². The molecule has 0 spiro atoms. The number of amides is 1. The van der Waals surface area contributed by atoms with Gasteiger partial charge in [0.05, 0.1) is 6.20 Å². The second-order valence-electron chi connectivity index (χ2n) is 4.66. The number of nitrogens with zero attached hydrogens (tertiary/aromatic N) is 2. The largest absolute Gasteiger partial charge is 0.309 e. The van der Waals surface area contributed by atoms with E-state index in [2.05, 4.69) is 28.7 Å². The maximum absolute atomic E-state index is 12.1. The molecule has 1 amide bonds. The molecular weight excluding hydrogens is 298 g/mol. The Kier molecular flexibility index (Phi) is 5.44. The monoisotopic (exact) mass is 313 g/mol. The van der Waals surface area contributed by atoms with E-state index < -0.39 is 0 Å². The van der Waals surface area contributed by atoms with Crippen LogP contribution in [-0.2, 0) is 4.79 Å². The van der Waals surface area contributed by atoms with Crippen molar-refractivity contribution in [1.82, 2.24) is 10.2 Å². The number of carbonyl (C=O) groups is 1. The molecule has 2 rings (SSSR count). The van der Waals surface area contributed by atoms with Crippen molar-refractivity contribution in [3.05, 3.63) is 66.4 Å². The van der Waals surface area contributed by atoms with Crippen molar-refractivity contribution in [2.24, 2.45) is 0 Å². The van der Waals surface area contributed by atoms with E-state index in [1.54, 1.807) is 18.3 Å². The lowest BCUT2D eigenvalue weighted by atomic mass is 10.1. The minimum atomic E-state index is -0.154. The number of anilines is 1. The molecule has 0 bridgehead atoms. The summed E-state index contributed by atoms with van der Waals surface area (Å²) < 4.78 is 0. The second kappa shape index (κ2) is 7.52. The third-order valence-electron chi connectivity index (χ3n) is 3.12. The molecule has 0 aliphatic rings. The molecule has 1 aromatic carbocycles. The zero-order valence-corrected chi connectivity index (χ0v) is 12.8. The highest BCUT2D eigenvalue weighted by molar-refractivity contribution is 6.31. The predicted molar refractivity (Wildman–Crippen MR) is 90.7 cm³/mol. The standard InChI is InChI=1S/C17H16ClN3O/c1-3-6-13(12(2)18)9-10-16(22)20-17-15-8-5-4-7-14(15)11-19-21-17/h3-8,11H,1-2,9-10H2,(H,20,21,22)/b13-6-. The molecule has 0 fully saturated rings. The molecule has 0 aliphatic carbocycles. The fraction of sp³-hybridized carbons (Fsp3) is 0.118. The summed E-state index contributed by atoms with van der Waals surface area (Å²) in [7, 11) is 0. The van der Waals surface area contributed by atoms with Gasteiger partial charge in [-0.1, -0.05) is 61.2 Å². The quantitative estimate of drug-likeness (QED) is 0.813. The van der Waals surface area contributed by atoms with E-state index in [1.165, 1.54) is 0 Å². The van der Waals surface area contributed by atoms with Gasteiger partial charge in [-0.25, -0.2) is 0 Å². The molecule has 0 radical (unpaired) electrons. The van der Waals surface area contributed by atoms with Crippen molar-refractivity contribution in [3.63, 3.8) is 0 Å². The fourth-order valence-electron chi connectivity index (χ4n) is 2.01. The van der Waals surface area contributed by atoms with Crippen molar-refractivity contribution in [2.75, 3.05) is 5.32 Å². The molecule has 0 saturated carbocycles. The van der Waals surface area contributed by atoms with Crippen molar-refractivity contribution in [3.8, 4) is 0 Å². The third-order valence-corrected chi connectivity index (χ3v) is 3.36. The van der Waals surface area contributed by atoms with Crippen molar-refractivity contribution in [1.29, 1.82) is 0 Å². The lowest BCUT2D eigenvalue weighted by Crippen LogP contribution is -2.13. The van der Waals surface area contributed by atoms with Crippen LogP contribution < -0.4 is 5.32 Å². The van der Waals surface area contributed by atoms with Crippen LogP contribution in [0.15, 0.2) is 66.4 Å². The van der Waals surface area contributed by atoms with Crippen molar-refractivity contribution in [2.45, 2.75) is 12.8 Å². The van der Waals surface area contributed by atoms with Gasteiger partial charge in [0.15, 0.2) is 5.82 Å². The number of fused-ring (bicyclic) bond motifs is 1. The molecule has 112 valence electrons. The van der Waals surface area contributed by atoms with Crippen molar-refractivity contribution < 1.29 is 4.79 Å².